The van der Waals surface area contributed by atoms with E-state index in [1.54, 1.807) is 0 Å². The lowest BCUT2D eigenvalue weighted by Gasteiger charge is -2.61. The minimum absolute atomic E-state index is 0.0579. The molecule has 0 unspecified atom stereocenters. The topological polar surface area (TPSA) is 46.5 Å². The lowest BCUT2D eigenvalue weighted by atomic mass is 9.44. The van der Waals surface area contributed by atoms with Crippen LogP contribution in [0.25, 0.3) is 0 Å². The van der Waals surface area contributed by atoms with E-state index in [1.165, 1.54) is 44.9 Å². The third-order valence-electron chi connectivity index (χ3n) is 10.5. The van der Waals surface area contributed by atoms with Crippen LogP contribution in [-0.2, 0) is 9.53 Å². The number of carbonyl (C=O) groups is 1. The van der Waals surface area contributed by atoms with Crippen molar-refractivity contribution in [2.75, 3.05) is 6.61 Å². The van der Waals surface area contributed by atoms with Gasteiger partial charge in [-0.15, -0.1) is 6.42 Å². The number of carbonyl (C=O) groups excluding carboxylic acids is 1. The van der Waals surface area contributed by atoms with Crippen LogP contribution < -0.4 is 0 Å². The lowest BCUT2D eigenvalue weighted by molar-refractivity contribution is -0.143. The average molecular weight is 415 g/mol. The van der Waals surface area contributed by atoms with E-state index in [0.29, 0.717) is 23.2 Å². The predicted molar refractivity (Wildman–Crippen MR) is 119 cm³/mol. The van der Waals surface area contributed by atoms with Crippen LogP contribution >= 0.6 is 0 Å². The van der Waals surface area contributed by atoms with Crippen molar-refractivity contribution in [1.29, 1.82) is 0 Å². The van der Waals surface area contributed by atoms with Gasteiger partial charge in [0.15, 0.2) is 6.61 Å². The second-order valence-corrected chi connectivity index (χ2v) is 11.7. The third-order valence-corrected chi connectivity index (χ3v) is 10.5. The number of fused-ring (bicyclic) bond motifs is 5. The number of hydrogen-bond donors (Lipinski definition) is 1. The summed E-state index contributed by atoms with van der Waals surface area (Å²) in [4.78, 5) is 11.9. The summed E-state index contributed by atoms with van der Waals surface area (Å²) in [5, 5.41) is 10.2. The minimum Gasteiger partial charge on any atom is -0.452 e. The zero-order chi connectivity index (χ0) is 21.5. The van der Waals surface area contributed by atoms with Gasteiger partial charge < -0.3 is 9.84 Å². The third kappa shape index (κ3) is 3.72. The first-order valence-electron chi connectivity index (χ1n) is 12.6. The summed E-state index contributed by atoms with van der Waals surface area (Å²) in [6, 6.07) is 0. The largest absolute Gasteiger partial charge is 0.452 e. The van der Waals surface area contributed by atoms with Crippen molar-refractivity contribution in [3.63, 3.8) is 0 Å². The van der Waals surface area contributed by atoms with Gasteiger partial charge >= 0.3 is 5.97 Å². The maximum absolute atomic E-state index is 11.9. The molecule has 0 aromatic rings. The average Bonchev–Trinajstić information content (AvgIpc) is 3.08. The Morgan fingerprint density at radius 3 is 2.60 bits per heavy atom. The van der Waals surface area contributed by atoms with Gasteiger partial charge in [0.2, 0.25) is 0 Å². The molecule has 9 atom stereocenters. The molecule has 0 bridgehead atoms. The summed E-state index contributed by atoms with van der Waals surface area (Å²) in [6.07, 6.45) is 17.9. The fraction of sp³-hybridized carbons (Fsp3) is 0.889. The monoisotopic (exact) mass is 414 g/mol. The molecule has 0 heterocycles. The van der Waals surface area contributed by atoms with Crippen molar-refractivity contribution in [2.24, 2.45) is 46.3 Å². The summed E-state index contributed by atoms with van der Waals surface area (Å²) in [5.74, 6) is 6.83. The Hall–Kier alpha value is -1.01. The summed E-state index contributed by atoms with van der Waals surface area (Å²) in [6.45, 7) is 7.60. The molecule has 1 N–H and O–H groups in total. The van der Waals surface area contributed by atoms with Crippen molar-refractivity contribution in [2.45, 2.75) is 97.5 Å². The first-order chi connectivity index (χ1) is 14.3. The molecule has 30 heavy (non-hydrogen) atoms. The van der Waals surface area contributed by atoms with Crippen LogP contribution in [0, 0.1) is 58.7 Å². The van der Waals surface area contributed by atoms with E-state index < -0.39 is 0 Å². The molecule has 0 aromatic heterocycles. The van der Waals surface area contributed by atoms with Gasteiger partial charge in [0.1, 0.15) is 0 Å². The molecule has 0 aliphatic heterocycles. The highest BCUT2D eigenvalue weighted by Gasteiger charge is 2.60. The number of ether oxygens (including phenoxy) is 1. The highest BCUT2D eigenvalue weighted by molar-refractivity contribution is 5.69. The molecule has 3 heteroatoms. The molecule has 4 saturated carbocycles. The fourth-order valence-corrected chi connectivity index (χ4v) is 8.95. The van der Waals surface area contributed by atoms with Gasteiger partial charge in [-0.05, 0) is 111 Å². The zero-order valence-electron chi connectivity index (χ0n) is 19.4. The molecule has 0 spiro atoms. The van der Waals surface area contributed by atoms with Crippen LogP contribution in [0.3, 0.4) is 0 Å². The zero-order valence-corrected chi connectivity index (χ0v) is 19.4. The maximum Gasteiger partial charge on any atom is 0.306 e. The van der Waals surface area contributed by atoms with Crippen LogP contribution in [0.2, 0.25) is 0 Å². The summed E-state index contributed by atoms with van der Waals surface area (Å²) in [7, 11) is 0. The van der Waals surface area contributed by atoms with E-state index in [9.17, 15) is 9.90 Å². The summed E-state index contributed by atoms with van der Waals surface area (Å²) >= 11 is 0. The molecular weight excluding hydrogens is 372 g/mol. The second kappa shape index (κ2) is 8.50. The molecule has 4 aliphatic carbocycles. The SMILES string of the molecule is C#CCOC(=O)CC[C@@H](C)[C@H]1CC[C@H]2[C@@H]3CC[C@@H]4C[C@H](O)CC[C@]4(C)[C@H]3CC[C@]12C. The van der Waals surface area contributed by atoms with Crippen molar-refractivity contribution in [3.05, 3.63) is 0 Å². The van der Waals surface area contributed by atoms with Crippen molar-refractivity contribution >= 4 is 5.97 Å². The van der Waals surface area contributed by atoms with Crippen molar-refractivity contribution in [3.8, 4) is 12.3 Å². The normalized spacial score (nSPS) is 46.1. The Bertz CT molecular complexity index is 680. The van der Waals surface area contributed by atoms with Crippen LogP contribution in [0.15, 0.2) is 0 Å². The van der Waals surface area contributed by atoms with E-state index >= 15 is 0 Å². The van der Waals surface area contributed by atoms with Gasteiger partial charge in [0, 0.05) is 6.42 Å². The van der Waals surface area contributed by atoms with Gasteiger partial charge in [-0.3, -0.25) is 4.79 Å². The molecule has 3 nitrogen and oxygen atoms in total. The first-order valence-corrected chi connectivity index (χ1v) is 12.6. The molecule has 4 rings (SSSR count). The molecular formula is C27H42O3. The predicted octanol–water partition coefficient (Wildman–Crippen LogP) is 5.60. The van der Waals surface area contributed by atoms with Crippen LogP contribution in [0.1, 0.15) is 91.4 Å². The van der Waals surface area contributed by atoms with Crippen LogP contribution in [-0.4, -0.2) is 23.8 Å². The van der Waals surface area contributed by atoms with Gasteiger partial charge in [-0.25, -0.2) is 0 Å². The Balaban J connectivity index is 1.42. The van der Waals surface area contributed by atoms with Gasteiger partial charge in [0.05, 0.1) is 6.10 Å². The quantitative estimate of drug-likeness (QED) is 0.470. The minimum atomic E-state index is -0.144. The van der Waals surface area contributed by atoms with Gasteiger partial charge in [-0.2, -0.15) is 0 Å². The Morgan fingerprint density at radius 2 is 1.83 bits per heavy atom. The van der Waals surface area contributed by atoms with Crippen LogP contribution in [0.4, 0.5) is 0 Å². The van der Waals surface area contributed by atoms with Crippen molar-refractivity contribution in [1.82, 2.24) is 0 Å². The van der Waals surface area contributed by atoms with E-state index in [1.807, 2.05) is 0 Å². The van der Waals surface area contributed by atoms with E-state index in [0.717, 1.165) is 48.9 Å². The number of hydrogen-bond acceptors (Lipinski definition) is 3. The number of rotatable bonds is 5. The highest BCUT2D eigenvalue weighted by Crippen LogP contribution is 2.68. The summed E-state index contributed by atoms with van der Waals surface area (Å²) in [5.41, 5.74) is 0.884. The van der Waals surface area contributed by atoms with E-state index in [-0.39, 0.29) is 18.7 Å². The Kier molecular flexibility index (Phi) is 6.28. The molecule has 0 saturated heterocycles. The maximum atomic E-state index is 11.9. The van der Waals surface area contributed by atoms with Gasteiger partial charge in [0.25, 0.3) is 0 Å². The lowest BCUT2D eigenvalue weighted by Crippen LogP contribution is -2.54. The summed E-state index contributed by atoms with van der Waals surface area (Å²) < 4.78 is 5.08. The Labute approximate surface area is 183 Å². The number of aliphatic hydroxyl groups excluding tert-OH is 1. The molecule has 4 aliphatic rings. The first kappa shape index (κ1) is 22.2. The standard InChI is InChI=1S/C27H42O3/c1-5-16-30-25(29)11-6-18(2)22-9-10-23-21-8-7-19-17-20(28)12-14-26(19,3)24(21)13-15-27(22,23)4/h1,18-24,28H,6-17H2,2-4H3/t18-,19-,20-,21+,22-,23+,24+,26+,27-/m1/s1. The van der Waals surface area contributed by atoms with Crippen molar-refractivity contribution < 1.29 is 14.6 Å². The molecule has 4 fully saturated rings. The van der Waals surface area contributed by atoms with E-state index in [4.69, 9.17) is 11.2 Å². The molecule has 0 radical (unpaired) electrons. The fourth-order valence-electron chi connectivity index (χ4n) is 8.95. The van der Waals surface area contributed by atoms with E-state index in [2.05, 4.69) is 26.7 Å². The van der Waals surface area contributed by atoms with Gasteiger partial charge in [-0.1, -0.05) is 26.7 Å². The smallest absolute Gasteiger partial charge is 0.306 e. The number of terminal acetylenes is 1. The molecule has 168 valence electrons. The highest BCUT2D eigenvalue weighted by atomic mass is 16.5. The Morgan fingerprint density at radius 1 is 1.10 bits per heavy atom. The molecule has 0 aromatic carbocycles. The molecule has 0 amide bonds. The number of aliphatic hydroxyl groups is 1. The second-order valence-electron chi connectivity index (χ2n) is 11.7. The number of esters is 1. The van der Waals surface area contributed by atoms with Crippen LogP contribution in [0.5, 0.6) is 0 Å².